The van der Waals surface area contributed by atoms with Crippen LogP contribution in [0.15, 0.2) is 53.7 Å². The summed E-state index contributed by atoms with van der Waals surface area (Å²) >= 11 is 1.90. The fraction of sp³-hybridized carbons (Fsp3) is 0.455. The maximum Gasteiger partial charge on any atom is 0.160 e. The van der Waals surface area contributed by atoms with Crippen LogP contribution < -0.4 is 4.90 Å². The summed E-state index contributed by atoms with van der Waals surface area (Å²) in [5.41, 5.74) is 3.77. The van der Waals surface area contributed by atoms with Crippen LogP contribution in [0, 0.1) is 0 Å². The van der Waals surface area contributed by atoms with Crippen LogP contribution in [0.5, 0.6) is 0 Å². The Morgan fingerprint density at radius 3 is 2.56 bits per heavy atom. The first-order valence-corrected chi connectivity index (χ1v) is 10.9. The molecule has 4 heterocycles. The van der Waals surface area contributed by atoms with Crippen molar-refractivity contribution in [2.75, 3.05) is 24.5 Å². The van der Waals surface area contributed by atoms with Gasteiger partial charge in [0.05, 0.1) is 11.7 Å². The average molecular weight is 379 g/mol. The van der Waals surface area contributed by atoms with Crippen LogP contribution in [-0.2, 0) is 0 Å². The first kappa shape index (κ1) is 17.1. The molecule has 2 saturated heterocycles. The molecule has 0 amide bonds. The highest BCUT2D eigenvalue weighted by atomic mass is 32.2. The van der Waals surface area contributed by atoms with E-state index >= 15 is 0 Å². The van der Waals surface area contributed by atoms with E-state index in [-0.39, 0.29) is 12.1 Å². The summed E-state index contributed by atoms with van der Waals surface area (Å²) in [4.78, 5) is 14.7. The Morgan fingerprint density at radius 2 is 1.81 bits per heavy atom. The van der Waals surface area contributed by atoms with Gasteiger partial charge in [0.1, 0.15) is 6.04 Å². The zero-order valence-electron chi connectivity index (χ0n) is 15.8. The van der Waals surface area contributed by atoms with E-state index in [1.54, 1.807) is 0 Å². The van der Waals surface area contributed by atoms with Gasteiger partial charge in [0.15, 0.2) is 5.17 Å². The smallest absolute Gasteiger partial charge is 0.160 e. The van der Waals surface area contributed by atoms with E-state index in [1.165, 1.54) is 48.8 Å². The molecule has 5 heteroatoms. The topological polar surface area (TPSA) is 31.7 Å². The van der Waals surface area contributed by atoms with Crippen LogP contribution in [-0.4, -0.2) is 39.9 Å². The fourth-order valence-corrected chi connectivity index (χ4v) is 5.61. The molecule has 1 aromatic heterocycles. The summed E-state index contributed by atoms with van der Waals surface area (Å²) in [5, 5.41) is 1.78. The zero-order valence-corrected chi connectivity index (χ0v) is 16.6. The first-order valence-electron chi connectivity index (χ1n) is 10.1. The van der Waals surface area contributed by atoms with Crippen molar-refractivity contribution in [1.29, 1.82) is 0 Å². The number of benzene rings is 1. The number of fused-ring (bicyclic) bond motifs is 1. The molecule has 3 aliphatic rings. The number of nitrogens with zero attached hydrogens (tertiary/aromatic N) is 4. The molecule has 2 aromatic rings. The number of hydrogen-bond acceptors (Lipinski definition) is 5. The maximum absolute atomic E-state index is 5.07. The van der Waals surface area contributed by atoms with Crippen LogP contribution in [0.3, 0.4) is 0 Å². The van der Waals surface area contributed by atoms with E-state index in [0.29, 0.717) is 5.25 Å². The summed E-state index contributed by atoms with van der Waals surface area (Å²) in [6.07, 6.45) is 5.87. The van der Waals surface area contributed by atoms with Crippen molar-refractivity contribution in [2.24, 2.45) is 4.99 Å². The molecule has 3 aliphatic heterocycles. The van der Waals surface area contributed by atoms with Gasteiger partial charge in [0.25, 0.3) is 0 Å². The lowest BCUT2D eigenvalue weighted by Crippen LogP contribution is -2.30. The second kappa shape index (κ2) is 7.19. The first-order chi connectivity index (χ1) is 13.3. The molecule has 140 valence electrons. The Labute approximate surface area is 165 Å². The third-order valence-electron chi connectivity index (χ3n) is 5.84. The molecule has 4 nitrogen and oxygen atoms in total. The molecule has 1 aromatic carbocycles. The van der Waals surface area contributed by atoms with Crippen molar-refractivity contribution in [3.8, 4) is 0 Å². The van der Waals surface area contributed by atoms with Crippen LogP contribution in [0.2, 0.25) is 0 Å². The molecule has 0 bridgehead atoms. The number of aromatic nitrogens is 1. The average Bonchev–Trinajstić information content (AvgIpc) is 3.25. The van der Waals surface area contributed by atoms with Crippen molar-refractivity contribution >= 4 is 22.6 Å². The predicted molar refractivity (Wildman–Crippen MR) is 113 cm³/mol. The number of piperidine rings is 1. The molecular weight excluding hydrogens is 352 g/mol. The number of rotatable bonds is 3. The van der Waals surface area contributed by atoms with Gasteiger partial charge < -0.3 is 9.80 Å². The quantitative estimate of drug-likeness (QED) is 0.777. The maximum atomic E-state index is 5.07. The van der Waals surface area contributed by atoms with Gasteiger partial charge >= 0.3 is 0 Å². The van der Waals surface area contributed by atoms with Gasteiger partial charge in [-0.3, -0.25) is 9.98 Å². The molecule has 2 fully saturated rings. The Kier molecular flexibility index (Phi) is 4.56. The minimum atomic E-state index is 0.0852. The summed E-state index contributed by atoms with van der Waals surface area (Å²) in [5.74, 6) is 0. The van der Waals surface area contributed by atoms with E-state index in [9.17, 15) is 0 Å². The molecule has 0 unspecified atom stereocenters. The van der Waals surface area contributed by atoms with Crippen LogP contribution in [0.1, 0.15) is 49.5 Å². The van der Waals surface area contributed by atoms with Gasteiger partial charge in [-0.15, -0.1) is 0 Å². The van der Waals surface area contributed by atoms with E-state index in [0.717, 1.165) is 12.2 Å². The highest BCUT2D eigenvalue weighted by Crippen LogP contribution is 2.47. The molecule has 27 heavy (non-hydrogen) atoms. The van der Waals surface area contributed by atoms with Gasteiger partial charge in [-0.05, 0) is 49.1 Å². The monoisotopic (exact) mass is 378 g/mol. The normalized spacial score (nSPS) is 27.6. The fourth-order valence-electron chi connectivity index (χ4n) is 4.51. The molecule has 0 aliphatic carbocycles. The Balaban J connectivity index is 1.46. The molecule has 3 atom stereocenters. The number of aliphatic imine (C=N–C) groups is 1. The lowest BCUT2D eigenvalue weighted by Gasteiger charge is -2.30. The van der Waals surface area contributed by atoms with Crippen molar-refractivity contribution in [3.63, 3.8) is 0 Å². The van der Waals surface area contributed by atoms with Crippen molar-refractivity contribution in [1.82, 2.24) is 9.88 Å². The molecule has 0 saturated carbocycles. The summed E-state index contributed by atoms with van der Waals surface area (Å²) in [6.45, 7) is 5.73. The number of hydrogen-bond donors (Lipinski definition) is 0. The van der Waals surface area contributed by atoms with Gasteiger partial charge in [-0.2, -0.15) is 0 Å². The van der Waals surface area contributed by atoms with Crippen molar-refractivity contribution in [2.45, 2.75) is 43.5 Å². The lowest BCUT2D eigenvalue weighted by molar-refractivity contribution is 0.321. The van der Waals surface area contributed by atoms with Crippen LogP contribution in [0.4, 0.5) is 5.69 Å². The minimum Gasteiger partial charge on any atom is -0.372 e. The predicted octanol–water partition coefficient (Wildman–Crippen LogP) is 4.66. The molecule has 0 N–H and O–H groups in total. The molecule has 0 radical (unpaired) electrons. The SMILES string of the molecule is C[C@@H]1CN2C(=N[C@@H](c3ccccn3)[C@@H]2c2ccc(N3CCCCC3)cc2)S1. The standard InChI is InChI=1S/C22H26N4S/c1-16-15-26-21(20(24-22(26)27-16)19-7-3-4-12-23-19)17-8-10-18(11-9-17)25-13-5-2-6-14-25/h3-4,7-12,16,20-21H,2,5-6,13-15H2,1H3/t16-,20+,21+/m1/s1. The third kappa shape index (κ3) is 3.22. The van der Waals surface area contributed by atoms with E-state index < -0.39 is 0 Å². The number of pyridine rings is 1. The second-order valence-corrected chi connectivity index (χ2v) is 9.18. The van der Waals surface area contributed by atoms with E-state index in [4.69, 9.17) is 4.99 Å². The van der Waals surface area contributed by atoms with Gasteiger partial charge in [-0.1, -0.05) is 36.9 Å². The third-order valence-corrected chi connectivity index (χ3v) is 6.94. The van der Waals surface area contributed by atoms with Crippen LogP contribution in [0.25, 0.3) is 0 Å². The lowest BCUT2D eigenvalue weighted by atomic mass is 9.96. The second-order valence-electron chi connectivity index (χ2n) is 7.78. The van der Waals surface area contributed by atoms with E-state index in [1.807, 2.05) is 24.0 Å². The Morgan fingerprint density at radius 1 is 1.00 bits per heavy atom. The minimum absolute atomic E-state index is 0.0852. The van der Waals surface area contributed by atoms with Crippen molar-refractivity contribution in [3.05, 3.63) is 59.9 Å². The van der Waals surface area contributed by atoms with Crippen molar-refractivity contribution < 1.29 is 0 Å². The Hall–Kier alpha value is -2.01. The zero-order chi connectivity index (χ0) is 18.2. The molecule has 0 spiro atoms. The summed E-state index contributed by atoms with van der Waals surface area (Å²) < 4.78 is 0. The summed E-state index contributed by atoms with van der Waals surface area (Å²) in [6, 6.07) is 15.7. The number of thioether (sulfide) groups is 1. The number of amidine groups is 1. The summed E-state index contributed by atoms with van der Waals surface area (Å²) in [7, 11) is 0. The van der Waals surface area contributed by atoms with Crippen LogP contribution >= 0.6 is 11.8 Å². The molecular formula is C22H26N4S. The molecule has 5 rings (SSSR count). The van der Waals surface area contributed by atoms with Gasteiger partial charge in [-0.25, -0.2) is 0 Å². The largest absolute Gasteiger partial charge is 0.372 e. The van der Waals surface area contributed by atoms with Gasteiger partial charge in [0, 0.05) is 36.8 Å². The Bertz CT molecular complexity index is 814. The highest BCUT2D eigenvalue weighted by molar-refractivity contribution is 8.14. The van der Waals surface area contributed by atoms with Gasteiger partial charge in [0.2, 0.25) is 0 Å². The highest BCUT2D eigenvalue weighted by Gasteiger charge is 2.43. The van der Waals surface area contributed by atoms with E-state index in [2.05, 4.69) is 58.1 Å². The number of anilines is 1.